The summed E-state index contributed by atoms with van der Waals surface area (Å²) in [7, 11) is 2.23. The Kier molecular flexibility index (Phi) is 9.54. The summed E-state index contributed by atoms with van der Waals surface area (Å²) in [6.07, 6.45) is 7.92. The molecular formula is C15H32N2OS. The molecule has 1 atom stereocenters. The van der Waals surface area contributed by atoms with Crippen LogP contribution in [-0.2, 0) is 4.79 Å². The van der Waals surface area contributed by atoms with Crippen LogP contribution in [0.4, 0.5) is 0 Å². The molecule has 1 fully saturated rings. The molecule has 0 radical (unpaired) electrons. The number of hydrogen-bond donors (Lipinski definition) is 1. The number of nitrogens with one attached hydrogen (secondary N) is 1. The summed E-state index contributed by atoms with van der Waals surface area (Å²) in [5, 5.41) is 3.07. The van der Waals surface area contributed by atoms with E-state index in [0.29, 0.717) is 0 Å². The van der Waals surface area contributed by atoms with Gasteiger partial charge >= 0.3 is 0 Å². The second-order valence-corrected chi connectivity index (χ2v) is 6.13. The van der Waals surface area contributed by atoms with E-state index in [1.807, 2.05) is 13.8 Å². The molecule has 0 bridgehead atoms. The molecule has 1 saturated carbocycles. The maximum absolute atomic E-state index is 11.6. The topological polar surface area (TPSA) is 32.3 Å². The first kappa shape index (κ1) is 18.8. The van der Waals surface area contributed by atoms with Crippen LogP contribution in [0, 0.1) is 5.92 Å². The summed E-state index contributed by atoms with van der Waals surface area (Å²) in [4.78, 5) is 14.1. The van der Waals surface area contributed by atoms with Crippen molar-refractivity contribution in [2.75, 3.05) is 13.6 Å². The van der Waals surface area contributed by atoms with Crippen LogP contribution in [0.1, 0.15) is 59.3 Å². The molecule has 0 saturated heterocycles. The van der Waals surface area contributed by atoms with Crippen LogP contribution in [-0.4, -0.2) is 36.5 Å². The van der Waals surface area contributed by atoms with Gasteiger partial charge in [-0.2, -0.15) is 13.5 Å². The quantitative estimate of drug-likeness (QED) is 0.815. The minimum Gasteiger partial charge on any atom is -0.353 e. The average molecular weight is 289 g/mol. The normalized spacial score (nSPS) is 18.2. The third-order valence-electron chi connectivity index (χ3n) is 4.03. The Morgan fingerprint density at radius 3 is 2.32 bits per heavy atom. The van der Waals surface area contributed by atoms with E-state index in [4.69, 9.17) is 0 Å². The van der Waals surface area contributed by atoms with E-state index in [-0.39, 0.29) is 31.4 Å². The molecule has 1 aliphatic rings. The Bertz CT molecular complexity index is 253. The lowest BCUT2D eigenvalue weighted by Crippen LogP contribution is -2.40. The Labute approximate surface area is 126 Å². The Hall–Kier alpha value is -0.220. The first-order valence-electron chi connectivity index (χ1n) is 7.51. The van der Waals surface area contributed by atoms with Crippen LogP contribution in [0.3, 0.4) is 0 Å². The molecule has 114 valence electrons. The van der Waals surface area contributed by atoms with Crippen LogP contribution < -0.4 is 5.32 Å². The van der Waals surface area contributed by atoms with E-state index < -0.39 is 0 Å². The highest BCUT2D eigenvalue weighted by Gasteiger charge is 2.18. The zero-order valence-electron chi connectivity index (χ0n) is 13.0. The van der Waals surface area contributed by atoms with Crippen molar-refractivity contribution in [2.45, 2.75) is 71.4 Å². The molecule has 1 amide bonds. The van der Waals surface area contributed by atoms with E-state index >= 15 is 0 Å². The van der Waals surface area contributed by atoms with Crippen LogP contribution in [0.25, 0.3) is 0 Å². The molecule has 4 heteroatoms. The molecule has 1 aliphatic carbocycles. The second kappa shape index (κ2) is 9.65. The van der Waals surface area contributed by atoms with Crippen molar-refractivity contribution in [2.24, 2.45) is 5.92 Å². The van der Waals surface area contributed by atoms with Crippen LogP contribution in [0.2, 0.25) is 0 Å². The smallest absolute Gasteiger partial charge is 0.222 e. The van der Waals surface area contributed by atoms with Gasteiger partial charge in [0.15, 0.2) is 0 Å². The van der Waals surface area contributed by atoms with Gasteiger partial charge in [0.1, 0.15) is 0 Å². The summed E-state index contributed by atoms with van der Waals surface area (Å²) in [6, 6.07) is 1.05. The van der Waals surface area contributed by atoms with Crippen LogP contribution in [0.5, 0.6) is 0 Å². The molecule has 0 aromatic rings. The highest BCUT2D eigenvalue weighted by Crippen LogP contribution is 2.21. The predicted molar refractivity (Wildman–Crippen MR) is 86.9 cm³/mol. The molecule has 0 unspecified atom stereocenters. The molecular weight excluding hydrogens is 256 g/mol. The van der Waals surface area contributed by atoms with Crippen molar-refractivity contribution in [1.29, 1.82) is 0 Å². The van der Waals surface area contributed by atoms with Gasteiger partial charge in [-0.25, -0.2) is 0 Å². The third kappa shape index (κ3) is 7.21. The van der Waals surface area contributed by atoms with Crippen molar-refractivity contribution >= 4 is 19.4 Å². The minimum atomic E-state index is 0. The minimum absolute atomic E-state index is 0. The van der Waals surface area contributed by atoms with E-state index in [2.05, 4.69) is 24.2 Å². The lowest BCUT2D eigenvalue weighted by molar-refractivity contribution is -0.124. The lowest BCUT2D eigenvalue weighted by Gasteiger charge is -2.32. The van der Waals surface area contributed by atoms with Gasteiger partial charge in [0.25, 0.3) is 0 Å². The maximum Gasteiger partial charge on any atom is 0.222 e. The number of carbonyl (C=O) groups excluding carboxylic acids is 1. The first-order valence-corrected chi connectivity index (χ1v) is 7.51. The van der Waals surface area contributed by atoms with Crippen molar-refractivity contribution in [3.05, 3.63) is 0 Å². The summed E-state index contributed by atoms with van der Waals surface area (Å²) < 4.78 is 0. The summed E-state index contributed by atoms with van der Waals surface area (Å²) >= 11 is 0. The summed E-state index contributed by atoms with van der Waals surface area (Å²) in [5.41, 5.74) is 0. The van der Waals surface area contributed by atoms with Crippen molar-refractivity contribution in [3.8, 4) is 0 Å². The van der Waals surface area contributed by atoms with E-state index in [1.165, 1.54) is 32.1 Å². The van der Waals surface area contributed by atoms with Gasteiger partial charge in [0, 0.05) is 24.5 Å². The largest absolute Gasteiger partial charge is 0.353 e. The Balaban J connectivity index is 0.00000324. The zero-order valence-corrected chi connectivity index (χ0v) is 14.0. The van der Waals surface area contributed by atoms with E-state index in [1.54, 1.807) is 0 Å². The van der Waals surface area contributed by atoms with Gasteiger partial charge in [-0.3, -0.25) is 4.79 Å². The monoisotopic (exact) mass is 288 g/mol. The molecule has 0 heterocycles. The zero-order chi connectivity index (χ0) is 13.5. The van der Waals surface area contributed by atoms with Crippen molar-refractivity contribution < 1.29 is 4.79 Å². The maximum atomic E-state index is 11.6. The first-order chi connectivity index (χ1) is 8.50. The van der Waals surface area contributed by atoms with Gasteiger partial charge in [-0.05, 0) is 33.2 Å². The average Bonchev–Trinajstić information content (AvgIpc) is 2.36. The molecule has 0 aliphatic heterocycles. The van der Waals surface area contributed by atoms with E-state index in [9.17, 15) is 4.79 Å². The molecule has 3 nitrogen and oxygen atoms in total. The molecule has 1 rings (SSSR count). The van der Waals surface area contributed by atoms with Gasteiger partial charge in [-0.1, -0.05) is 33.1 Å². The summed E-state index contributed by atoms with van der Waals surface area (Å²) in [6.45, 7) is 7.08. The lowest BCUT2D eigenvalue weighted by atomic mass is 9.94. The standard InChI is InChI=1S/C15H30N2O.H2S/c1-12(2)15(18)16-13(3)10-11-17(4)14-8-6-5-7-9-14;/h12-14H,5-11H2,1-4H3,(H,16,18);1H2/t13-;/m1./s1. The highest BCUT2D eigenvalue weighted by molar-refractivity contribution is 7.59. The third-order valence-corrected chi connectivity index (χ3v) is 4.03. The van der Waals surface area contributed by atoms with Crippen molar-refractivity contribution in [3.63, 3.8) is 0 Å². The SMILES string of the molecule is CC(C)C(=O)N[C@H](C)CCN(C)C1CCCCC1.S. The number of nitrogens with zero attached hydrogens (tertiary/aromatic N) is 1. The highest BCUT2D eigenvalue weighted by atomic mass is 32.1. The van der Waals surface area contributed by atoms with Gasteiger partial charge in [-0.15, -0.1) is 0 Å². The Morgan fingerprint density at radius 2 is 1.79 bits per heavy atom. The number of carbonyl (C=O) groups is 1. The molecule has 1 N–H and O–H groups in total. The molecule has 0 aromatic heterocycles. The van der Waals surface area contributed by atoms with Crippen LogP contribution in [0.15, 0.2) is 0 Å². The fourth-order valence-electron chi connectivity index (χ4n) is 2.58. The fourth-order valence-corrected chi connectivity index (χ4v) is 2.58. The summed E-state index contributed by atoms with van der Waals surface area (Å²) in [5.74, 6) is 0.256. The van der Waals surface area contributed by atoms with Gasteiger partial charge in [0.05, 0.1) is 0 Å². The Morgan fingerprint density at radius 1 is 1.21 bits per heavy atom. The second-order valence-electron chi connectivity index (χ2n) is 6.13. The van der Waals surface area contributed by atoms with E-state index in [0.717, 1.165) is 19.0 Å². The molecule has 0 spiro atoms. The number of hydrogen-bond acceptors (Lipinski definition) is 2. The number of amides is 1. The van der Waals surface area contributed by atoms with Crippen LogP contribution >= 0.6 is 13.5 Å². The molecule has 0 aromatic carbocycles. The molecule has 19 heavy (non-hydrogen) atoms. The number of rotatable bonds is 6. The van der Waals surface area contributed by atoms with Crippen molar-refractivity contribution in [1.82, 2.24) is 10.2 Å². The van der Waals surface area contributed by atoms with Gasteiger partial charge < -0.3 is 10.2 Å². The fraction of sp³-hybridized carbons (Fsp3) is 0.933. The van der Waals surface area contributed by atoms with Gasteiger partial charge in [0.2, 0.25) is 5.91 Å². The predicted octanol–water partition coefficient (Wildman–Crippen LogP) is 2.91.